The summed E-state index contributed by atoms with van der Waals surface area (Å²) in [4.78, 5) is 28.5. The SMILES string of the molecule is Cc1ccc(/C([O-])=C2\C(=O)C(=O)N(CC[NH+](C)C)C2c2ccc(C(C)C)cc2)cc1. The average Bonchev–Trinajstić information content (AvgIpc) is 2.97. The molecule has 5 heteroatoms. The van der Waals surface area contributed by atoms with E-state index in [2.05, 4.69) is 13.8 Å². The summed E-state index contributed by atoms with van der Waals surface area (Å²) < 4.78 is 0. The molecule has 30 heavy (non-hydrogen) atoms. The topological polar surface area (TPSA) is 64.9 Å². The van der Waals surface area contributed by atoms with E-state index < -0.39 is 17.7 Å². The van der Waals surface area contributed by atoms with Gasteiger partial charge in [-0.15, -0.1) is 0 Å². The van der Waals surface area contributed by atoms with Crippen LogP contribution in [0.1, 0.15) is 48.1 Å². The van der Waals surface area contributed by atoms with Crippen LogP contribution >= 0.6 is 0 Å². The van der Waals surface area contributed by atoms with Crippen LogP contribution in [0.3, 0.4) is 0 Å². The van der Waals surface area contributed by atoms with Gasteiger partial charge in [0.2, 0.25) is 5.78 Å². The van der Waals surface area contributed by atoms with Gasteiger partial charge in [-0.05, 0) is 29.5 Å². The number of amides is 1. The number of rotatable bonds is 6. The fourth-order valence-corrected chi connectivity index (χ4v) is 3.72. The molecule has 1 aliphatic rings. The Morgan fingerprint density at radius 1 is 1.03 bits per heavy atom. The molecule has 0 radical (unpaired) electrons. The second-order valence-corrected chi connectivity index (χ2v) is 8.62. The van der Waals surface area contributed by atoms with Crippen molar-refractivity contribution in [3.05, 3.63) is 76.4 Å². The lowest BCUT2D eigenvalue weighted by Crippen LogP contribution is -3.06. The first-order valence-electron chi connectivity index (χ1n) is 10.4. The van der Waals surface area contributed by atoms with Gasteiger partial charge in [0, 0.05) is 5.57 Å². The highest BCUT2D eigenvalue weighted by Crippen LogP contribution is 2.38. The minimum atomic E-state index is -0.688. The predicted molar refractivity (Wildman–Crippen MR) is 116 cm³/mol. The molecule has 1 fully saturated rings. The lowest BCUT2D eigenvalue weighted by atomic mass is 9.93. The number of benzene rings is 2. The van der Waals surface area contributed by atoms with Crippen LogP contribution in [-0.4, -0.2) is 43.8 Å². The Balaban J connectivity index is 2.12. The van der Waals surface area contributed by atoms with Gasteiger partial charge in [0.25, 0.3) is 5.91 Å². The van der Waals surface area contributed by atoms with Crippen molar-refractivity contribution in [1.82, 2.24) is 4.90 Å². The molecule has 0 bridgehead atoms. The number of nitrogens with one attached hydrogen (secondary N) is 1. The van der Waals surface area contributed by atoms with E-state index in [1.54, 1.807) is 17.0 Å². The number of carbonyl (C=O) groups excluding carboxylic acids is 2. The summed E-state index contributed by atoms with van der Waals surface area (Å²) in [5.41, 5.74) is 3.48. The molecule has 5 nitrogen and oxygen atoms in total. The molecular weight excluding hydrogens is 376 g/mol. The number of likely N-dealkylation sites (N-methyl/N-ethyl adjacent to an activating group) is 1. The number of ketones is 1. The molecule has 1 amide bonds. The quantitative estimate of drug-likeness (QED) is 0.449. The van der Waals surface area contributed by atoms with Gasteiger partial charge in [-0.1, -0.05) is 73.7 Å². The van der Waals surface area contributed by atoms with Gasteiger partial charge in [0.15, 0.2) is 0 Å². The van der Waals surface area contributed by atoms with Crippen molar-refractivity contribution in [2.24, 2.45) is 0 Å². The maximum atomic E-state index is 13.3. The average molecular weight is 407 g/mol. The van der Waals surface area contributed by atoms with Crippen molar-refractivity contribution in [2.75, 3.05) is 27.2 Å². The van der Waals surface area contributed by atoms with Crippen LogP contribution in [-0.2, 0) is 9.59 Å². The largest absolute Gasteiger partial charge is 0.872 e. The summed E-state index contributed by atoms with van der Waals surface area (Å²) in [5, 5.41) is 13.3. The maximum Gasteiger partial charge on any atom is 0.295 e. The first kappa shape index (κ1) is 21.8. The molecule has 158 valence electrons. The van der Waals surface area contributed by atoms with Crippen LogP contribution in [0.2, 0.25) is 0 Å². The van der Waals surface area contributed by atoms with E-state index in [-0.39, 0.29) is 11.3 Å². The van der Waals surface area contributed by atoms with E-state index in [4.69, 9.17) is 0 Å². The van der Waals surface area contributed by atoms with Crippen molar-refractivity contribution in [3.8, 4) is 0 Å². The zero-order valence-corrected chi connectivity index (χ0v) is 18.4. The fraction of sp³-hybridized carbons (Fsp3) is 0.360. The molecule has 2 aromatic rings. The molecule has 1 N–H and O–H groups in total. The van der Waals surface area contributed by atoms with Gasteiger partial charge in [-0.2, -0.15) is 0 Å². The highest BCUT2D eigenvalue weighted by atomic mass is 16.3. The molecule has 2 aromatic carbocycles. The predicted octanol–water partition coefficient (Wildman–Crippen LogP) is 1.49. The third-order valence-electron chi connectivity index (χ3n) is 5.61. The van der Waals surface area contributed by atoms with Crippen LogP contribution in [0.25, 0.3) is 5.76 Å². The Morgan fingerprint density at radius 2 is 1.63 bits per heavy atom. The summed E-state index contributed by atoms with van der Waals surface area (Å²) in [6.45, 7) is 7.26. The molecule has 1 saturated heterocycles. The Morgan fingerprint density at radius 3 is 2.17 bits per heavy atom. The van der Waals surface area contributed by atoms with Crippen molar-refractivity contribution in [2.45, 2.75) is 32.7 Å². The second kappa shape index (κ2) is 8.84. The molecule has 3 rings (SSSR count). The van der Waals surface area contributed by atoms with Crippen molar-refractivity contribution in [1.29, 1.82) is 0 Å². The number of aryl methyl sites for hydroxylation is 1. The lowest BCUT2D eigenvalue weighted by molar-refractivity contribution is -0.857. The zero-order valence-electron chi connectivity index (χ0n) is 18.4. The molecule has 0 saturated carbocycles. The lowest BCUT2D eigenvalue weighted by Gasteiger charge is -2.28. The number of carbonyl (C=O) groups is 2. The first-order chi connectivity index (χ1) is 14.2. The van der Waals surface area contributed by atoms with Gasteiger partial charge in [-0.25, -0.2) is 0 Å². The number of Topliss-reactive ketones (excluding diaryl/α,β-unsaturated/α-hetero) is 1. The van der Waals surface area contributed by atoms with Crippen LogP contribution in [0.4, 0.5) is 0 Å². The molecule has 1 unspecified atom stereocenters. The summed E-state index contributed by atoms with van der Waals surface area (Å²) in [6.07, 6.45) is 0. The van der Waals surface area contributed by atoms with E-state index in [1.165, 1.54) is 10.5 Å². The maximum absolute atomic E-state index is 13.3. The first-order valence-corrected chi connectivity index (χ1v) is 10.4. The van der Waals surface area contributed by atoms with Gasteiger partial charge in [0.1, 0.15) is 0 Å². The molecule has 1 aliphatic heterocycles. The van der Waals surface area contributed by atoms with Crippen molar-refractivity contribution in [3.63, 3.8) is 0 Å². The summed E-state index contributed by atoms with van der Waals surface area (Å²) in [5.74, 6) is -1.28. The number of likely N-dealkylation sites (tertiary alicyclic amines) is 1. The van der Waals surface area contributed by atoms with E-state index in [1.807, 2.05) is 57.4 Å². The highest BCUT2D eigenvalue weighted by Gasteiger charge is 2.44. The van der Waals surface area contributed by atoms with E-state index in [9.17, 15) is 14.7 Å². The molecular formula is C25H30N2O3. The zero-order chi connectivity index (χ0) is 22.0. The van der Waals surface area contributed by atoms with Crippen molar-refractivity contribution >= 4 is 17.4 Å². The van der Waals surface area contributed by atoms with Crippen LogP contribution in [0, 0.1) is 6.92 Å². The Hall–Kier alpha value is -2.92. The standard InChI is InChI=1S/C25H30N2O3/c1-16(2)18-10-12-19(13-11-18)22-21(23(28)20-8-6-17(3)7-9-20)24(29)25(30)27(22)15-14-26(4)5/h6-13,16,22,28H,14-15H2,1-5H3/b23-21+. The van der Waals surface area contributed by atoms with Gasteiger partial charge in [0.05, 0.1) is 33.2 Å². The van der Waals surface area contributed by atoms with Crippen LogP contribution in [0.5, 0.6) is 0 Å². The van der Waals surface area contributed by atoms with Crippen LogP contribution < -0.4 is 10.0 Å². The monoisotopic (exact) mass is 406 g/mol. The molecule has 0 spiro atoms. The van der Waals surface area contributed by atoms with E-state index in [0.29, 0.717) is 24.6 Å². The molecule has 0 aromatic heterocycles. The Kier molecular flexibility index (Phi) is 6.42. The summed E-state index contributed by atoms with van der Waals surface area (Å²) in [6, 6.07) is 14.4. The molecule has 0 aliphatic carbocycles. The number of quaternary nitrogens is 1. The number of nitrogens with zero attached hydrogens (tertiary/aromatic N) is 1. The number of hydrogen-bond donors (Lipinski definition) is 1. The normalized spacial score (nSPS) is 18.6. The Labute approximate surface area is 178 Å². The van der Waals surface area contributed by atoms with Gasteiger partial charge in [-0.3, -0.25) is 9.59 Å². The third-order valence-corrected chi connectivity index (χ3v) is 5.61. The Bertz CT molecular complexity index is 957. The van der Waals surface area contributed by atoms with Crippen LogP contribution in [0.15, 0.2) is 54.1 Å². The second-order valence-electron chi connectivity index (χ2n) is 8.62. The minimum Gasteiger partial charge on any atom is -0.872 e. The molecule has 1 atom stereocenters. The van der Waals surface area contributed by atoms with Gasteiger partial charge < -0.3 is 14.9 Å². The third kappa shape index (κ3) is 4.31. The number of hydrogen-bond acceptors (Lipinski definition) is 3. The van der Waals surface area contributed by atoms with Gasteiger partial charge >= 0.3 is 0 Å². The van der Waals surface area contributed by atoms with E-state index in [0.717, 1.165) is 11.1 Å². The molecule has 1 heterocycles. The minimum absolute atomic E-state index is 0.0508. The van der Waals surface area contributed by atoms with Crippen molar-refractivity contribution < 1.29 is 19.6 Å². The summed E-state index contributed by atoms with van der Waals surface area (Å²) in [7, 11) is 3.99. The summed E-state index contributed by atoms with van der Waals surface area (Å²) >= 11 is 0. The smallest absolute Gasteiger partial charge is 0.295 e. The highest BCUT2D eigenvalue weighted by molar-refractivity contribution is 6.46. The fourth-order valence-electron chi connectivity index (χ4n) is 3.72. The van der Waals surface area contributed by atoms with E-state index >= 15 is 0 Å².